The summed E-state index contributed by atoms with van der Waals surface area (Å²) >= 11 is 11.8. The van der Waals surface area contributed by atoms with Gasteiger partial charge in [0.2, 0.25) is 11.2 Å². The first-order valence-corrected chi connectivity index (χ1v) is 6.28. The Morgan fingerprint density at radius 3 is 2.94 bits per heavy atom. The summed E-state index contributed by atoms with van der Waals surface area (Å²) in [6.45, 7) is 1.49. The second-order valence-corrected chi connectivity index (χ2v) is 4.87. The molecule has 0 saturated carbocycles. The van der Waals surface area contributed by atoms with Crippen LogP contribution in [0, 0.1) is 0 Å². The standard InChI is InChI=1S/C10H10Cl2N4O2/c11-8-7-9(15-10(12)14-8)16(3-6(17)13-7)5-1-2-18-4-5/h5H,1-4H2,(H,13,17)/t5-/m1/s1. The van der Waals surface area contributed by atoms with E-state index in [0.717, 1.165) is 6.42 Å². The van der Waals surface area contributed by atoms with Gasteiger partial charge >= 0.3 is 0 Å². The minimum absolute atomic E-state index is 0.0683. The Labute approximate surface area is 113 Å². The summed E-state index contributed by atoms with van der Waals surface area (Å²) in [6, 6.07) is 0.122. The summed E-state index contributed by atoms with van der Waals surface area (Å²) in [5.74, 6) is 0.428. The van der Waals surface area contributed by atoms with Crippen molar-refractivity contribution < 1.29 is 9.53 Å². The van der Waals surface area contributed by atoms with Crippen LogP contribution in [0.1, 0.15) is 6.42 Å². The van der Waals surface area contributed by atoms with Gasteiger partial charge in [0.25, 0.3) is 0 Å². The van der Waals surface area contributed by atoms with Gasteiger partial charge in [0.05, 0.1) is 19.2 Å². The summed E-state index contributed by atoms with van der Waals surface area (Å²) in [4.78, 5) is 21.6. The van der Waals surface area contributed by atoms with Crippen molar-refractivity contribution in [1.29, 1.82) is 0 Å². The van der Waals surface area contributed by atoms with Crippen LogP contribution in [0.2, 0.25) is 10.4 Å². The molecule has 2 aliphatic heterocycles. The fourth-order valence-electron chi connectivity index (χ4n) is 2.19. The molecule has 3 heterocycles. The van der Waals surface area contributed by atoms with Gasteiger partial charge in [-0.2, -0.15) is 4.98 Å². The van der Waals surface area contributed by atoms with Gasteiger partial charge in [0, 0.05) is 6.61 Å². The van der Waals surface area contributed by atoms with E-state index in [0.29, 0.717) is 24.7 Å². The van der Waals surface area contributed by atoms with Crippen molar-refractivity contribution in [1.82, 2.24) is 9.97 Å². The van der Waals surface area contributed by atoms with Crippen molar-refractivity contribution >= 4 is 40.6 Å². The van der Waals surface area contributed by atoms with E-state index in [1.165, 1.54) is 0 Å². The highest BCUT2D eigenvalue weighted by atomic mass is 35.5. The Kier molecular flexibility index (Phi) is 3.01. The van der Waals surface area contributed by atoms with Crippen molar-refractivity contribution in [2.75, 3.05) is 30.0 Å². The molecule has 18 heavy (non-hydrogen) atoms. The third-order valence-corrected chi connectivity index (χ3v) is 3.46. The quantitative estimate of drug-likeness (QED) is 0.624. The van der Waals surface area contributed by atoms with E-state index in [4.69, 9.17) is 27.9 Å². The predicted octanol–water partition coefficient (Wildman–Crippen LogP) is 1.33. The lowest BCUT2D eigenvalue weighted by atomic mass is 10.2. The zero-order chi connectivity index (χ0) is 12.7. The number of carbonyl (C=O) groups is 1. The van der Waals surface area contributed by atoms with Crippen LogP contribution in [0.3, 0.4) is 0 Å². The molecule has 1 aromatic rings. The average Bonchev–Trinajstić information content (AvgIpc) is 2.83. The van der Waals surface area contributed by atoms with Crippen LogP contribution >= 0.6 is 23.2 Å². The summed E-state index contributed by atoms with van der Waals surface area (Å²) in [7, 11) is 0. The average molecular weight is 289 g/mol. The minimum atomic E-state index is -0.137. The highest BCUT2D eigenvalue weighted by molar-refractivity contribution is 6.35. The Bertz CT molecular complexity index is 505. The predicted molar refractivity (Wildman–Crippen MR) is 67.3 cm³/mol. The molecule has 1 amide bonds. The lowest BCUT2D eigenvalue weighted by Gasteiger charge is -2.33. The number of ether oxygens (including phenoxy) is 1. The maximum atomic E-state index is 11.7. The normalized spacial score (nSPS) is 22.9. The molecule has 1 N–H and O–H groups in total. The molecule has 3 rings (SSSR count). The molecule has 1 atom stereocenters. The largest absolute Gasteiger partial charge is 0.379 e. The Morgan fingerprint density at radius 1 is 1.39 bits per heavy atom. The second kappa shape index (κ2) is 4.53. The zero-order valence-electron chi connectivity index (χ0n) is 9.32. The van der Waals surface area contributed by atoms with Gasteiger partial charge < -0.3 is 15.0 Å². The number of amides is 1. The van der Waals surface area contributed by atoms with Crippen LogP contribution in [-0.4, -0.2) is 41.7 Å². The number of rotatable bonds is 1. The molecule has 0 aliphatic carbocycles. The van der Waals surface area contributed by atoms with Gasteiger partial charge in [0.15, 0.2) is 11.0 Å². The fraction of sp³-hybridized carbons (Fsp3) is 0.500. The van der Waals surface area contributed by atoms with E-state index >= 15 is 0 Å². The van der Waals surface area contributed by atoms with Crippen molar-refractivity contribution in [2.24, 2.45) is 0 Å². The molecule has 8 heteroatoms. The minimum Gasteiger partial charge on any atom is -0.379 e. The van der Waals surface area contributed by atoms with E-state index in [1.807, 2.05) is 4.90 Å². The van der Waals surface area contributed by atoms with Crippen LogP contribution in [-0.2, 0) is 9.53 Å². The maximum Gasteiger partial charge on any atom is 0.244 e. The number of aromatic nitrogens is 2. The first-order valence-electron chi connectivity index (χ1n) is 5.52. The number of hydrogen-bond acceptors (Lipinski definition) is 5. The van der Waals surface area contributed by atoms with Gasteiger partial charge in [-0.3, -0.25) is 4.79 Å². The third kappa shape index (κ3) is 2.00. The van der Waals surface area contributed by atoms with Crippen molar-refractivity contribution in [3.05, 3.63) is 10.4 Å². The number of fused-ring (bicyclic) bond motifs is 1. The van der Waals surface area contributed by atoms with Gasteiger partial charge in [0.1, 0.15) is 5.69 Å². The first-order chi connectivity index (χ1) is 8.65. The molecule has 0 radical (unpaired) electrons. The number of nitrogens with one attached hydrogen (secondary N) is 1. The first kappa shape index (κ1) is 12.0. The van der Waals surface area contributed by atoms with Gasteiger partial charge in [-0.1, -0.05) is 11.6 Å². The fourth-order valence-corrected chi connectivity index (χ4v) is 2.61. The summed E-state index contributed by atoms with van der Waals surface area (Å²) in [5, 5.41) is 2.89. The Hall–Kier alpha value is -1.11. The molecule has 1 saturated heterocycles. The molecule has 1 fully saturated rings. The number of nitrogens with zero attached hydrogens (tertiary/aromatic N) is 3. The van der Waals surface area contributed by atoms with Crippen LogP contribution < -0.4 is 10.2 Å². The molecule has 96 valence electrons. The maximum absolute atomic E-state index is 11.7. The molecule has 2 aliphatic rings. The van der Waals surface area contributed by atoms with Gasteiger partial charge in [-0.25, -0.2) is 4.98 Å². The molecule has 0 bridgehead atoms. The van der Waals surface area contributed by atoms with Crippen LogP contribution in [0.25, 0.3) is 0 Å². The van der Waals surface area contributed by atoms with E-state index < -0.39 is 0 Å². The van der Waals surface area contributed by atoms with E-state index in [-0.39, 0.29) is 28.9 Å². The van der Waals surface area contributed by atoms with E-state index in [9.17, 15) is 4.79 Å². The highest BCUT2D eigenvalue weighted by Gasteiger charge is 2.33. The monoisotopic (exact) mass is 288 g/mol. The van der Waals surface area contributed by atoms with Gasteiger partial charge in [-0.15, -0.1) is 0 Å². The smallest absolute Gasteiger partial charge is 0.244 e. The molecule has 0 spiro atoms. The van der Waals surface area contributed by atoms with Crippen molar-refractivity contribution in [3.63, 3.8) is 0 Å². The molecule has 0 unspecified atom stereocenters. The van der Waals surface area contributed by atoms with Crippen LogP contribution in [0.4, 0.5) is 11.5 Å². The Balaban J connectivity index is 2.05. The molecule has 0 aromatic carbocycles. The van der Waals surface area contributed by atoms with Gasteiger partial charge in [-0.05, 0) is 18.0 Å². The Morgan fingerprint density at radius 2 is 2.22 bits per heavy atom. The number of carbonyl (C=O) groups excluding carboxylic acids is 1. The summed E-state index contributed by atoms with van der Waals surface area (Å²) < 4.78 is 5.34. The SMILES string of the molecule is O=C1CN([C@@H]2CCOC2)c2nc(Cl)nc(Cl)c2N1. The highest BCUT2D eigenvalue weighted by Crippen LogP contribution is 2.36. The molecular formula is C10H10Cl2N4O2. The summed E-state index contributed by atoms with van der Waals surface area (Å²) in [5.41, 5.74) is 0.421. The second-order valence-electron chi connectivity index (χ2n) is 4.18. The number of hydrogen-bond donors (Lipinski definition) is 1. The van der Waals surface area contributed by atoms with E-state index in [1.54, 1.807) is 0 Å². The van der Waals surface area contributed by atoms with E-state index in [2.05, 4.69) is 15.3 Å². The lowest BCUT2D eigenvalue weighted by molar-refractivity contribution is -0.115. The van der Waals surface area contributed by atoms with Crippen LogP contribution in [0.5, 0.6) is 0 Å². The molecule has 1 aromatic heterocycles. The van der Waals surface area contributed by atoms with Crippen molar-refractivity contribution in [3.8, 4) is 0 Å². The zero-order valence-corrected chi connectivity index (χ0v) is 10.8. The summed E-state index contributed by atoms with van der Waals surface area (Å²) in [6.07, 6.45) is 0.853. The number of halogens is 2. The molecular weight excluding hydrogens is 279 g/mol. The topological polar surface area (TPSA) is 67.4 Å². The lowest BCUT2D eigenvalue weighted by Crippen LogP contribution is -2.45. The third-order valence-electron chi connectivity index (χ3n) is 3.02. The van der Waals surface area contributed by atoms with Crippen LogP contribution in [0.15, 0.2) is 0 Å². The number of anilines is 2. The van der Waals surface area contributed by atoms with Crippen molar-refractivity contribution in [2.45, 2.75) is 12.5 Å². The molecule has 6 nitrogen and oxygen atoms in total.